The molecule has 2 aliphatic rings. The number of benzene rings is 1. The first kappa shape index (κ1) is 15.3. The van der Waals surface area contributed by atoms with Crippen molar-refractivity contribution < 1.29 is 9.59 Å². The highest BCUT2D eigenvalue weighted by Crippen LogP contribution is 2.20. The minimum atomic E-state index is -0.375. The molecular formula is C16H19N5O2S. The Morgan fingerprint density at radius 2 is 2.08 bits per heavy atom. The first-order chi connectivity index (χ1) is 11.7. The molecule has 7 nitrogen and oxygen atoms in total. The van der Waals surface area contributed by atoms with Crippen molar-refractivity contribution in [2.24, 2.45) is 0 Å². The van der Waals surface area contributed by atoms with Gasteiger partial charge in [0.05, 0.1) is 11.0 Å². The highest BCUT2D eigenvalue weighted by molar-refractivity contribution is 8.14. The van der Waals surface area contributed by atoms with E-state index < -0.39 is 0 Å². The number of aromatic amines is 1. The molecule has 126 valence electrons. The molecule has 0 radical (unpaired) electrons. The monoisotopic (exact) mass is 345 g/mol. The van der Waals surface area contributed by atoms with E-state index in [0.717, 1.165) is 36.5 Å². The fourth-order valence-electron chi connectivity index (χ4n) is 3.18. The molecule has 8 heteroatoms. The van der Waals surface area contributed by atoms with Gasteiger partial charge in [-0.05, 0) is 18.6 Å². The number of H-pyrrole nitrogens is 1. The predicted octanol–water partition coefficient (Wildman–Crippen LogP) is 1.43. The van der Waals surface area contributed by atoms with Gasteiger partial charge in [-0.2, -0.15) is 0 Å². The number of carbonyl (C=O) groups excluding carboxylic acids is 2. The quantitative estimate of drug-likeness (QED) is 0.860. The summed E-state index contributed by atoms with van der Waals surface area (Å²) in [6.45, 7) is 2.95. The Morgan fingerprint density at radius 1 is 1.21 bits per heavy atom. The number of rotatable bonds is 2. The standard InChI is InChI=1S/C16H19N5O2S/c22-14(13-10-24-16(23)19-13)20-6-3-7-21(9-8-20)15-17-11-4-1-2-5-12(11)18-15/h1-2,4-5,13H,3,6-10H2,(H,17,18)(H,19,23). The second kappa shape index (κ2) is 6.35. The molecule has 3 heterocycles. The summed E-state index contributed by atoms with van der Waals surface area (Å²) in [7, 11) is 0. The lowest BCUT2D eigenvalue weighted by Gasteiger charge is -2.24. The van der Waals surface area contributed by atoms with E-state index in [2.05, 4.69) is 20.2 Å². The molecule has 1 unspecified atom stereocenters. The summed E-state index contributed by atoms with van der Waals surface area (Å²) in [5.74, 6) is 1.41. The maximum atomic E-state index is 12.5. The normalized spacial score (nSPS) is 21.8. The molecule has 2 fully saturated rings. The molecule has 0 saturated carbocycles. The van der Waals surface area contributed by atoms with Crippen LogP contribution in [-0.4, -0.2) is 64.0 Å². The number of hydrogen-bond donors (Lipinski definition) is 2. The van der Waals surface area contributed by atoms with Crippen LogP contribution in [0.1, 0.15) is 6.42 Å². The average Bonchev–Trinajstić information content (AvgIpc) is 3.13. The van der Waals surface area contributed by atoms with Gasteiger partial charge < -0.3 is 20.1 Å². The molecule has 4 rings (SSSR count). The van der Waals surface area contributed by atoms with Crippen LogP contribution >= 0.6 is 11.8 Å². The molecule has 0 aliphatic carbocycles. The Morgan fingerprint density at radius 3 is 2.88 bits per heavy atom. The molecule has 1 aromatic heterocycles. The fourth-order valence-corrected chi connectivity index (χ4v) is 3.95. The van der Waals surface area contributed by atoms with Gasteiger partial charge in [0, 0.05) is 31.9 Å². The smallest absolute Gasteiger partial charge is 0.279 e. The minimum absolute atomic E-state index is 0.0276. The summed E-state index contributed by atoms with van der Waals surface area (Å²) >= 11 is 1.18. The highest BCUT2D eigenvalue weighted by Gasteiger charge is 2.32. The van der Waals surface area contributed by atoms with Crippen molar-refractivity contribution in [3.8, 4) is 0 Å². The van der Waals surface area contributed by atoms with Crippen LogP contribution in [0.15, 0.2) is 24.3 Å². The Hall–Kier alpha value is -2.22. The number of thioether (sulfide) groups is 1. The zero-order valence-electron chi connectivity index (χ0n) is 13.2. The largest absolute Gasteiger partial charge is 0.341 e. The lowest BCUT2D eigenvalue weighted by atomic mass is 10.2. The van der Waals surface area contributed by atoms with Crippen LogP contribution in [0.2, 0.25) is 0 Å². The Kier molecular flexibility index (Phi) is 4.05. The van der Waals surface area contributed by atoms with Gasteiger partial charge in [-0.15, -0.1) is 0 Å². The van der Waals surface area contributed by atoms with Gasteiger partial charge in [0.15, 0.2) is 0 Å². The van der Waals surface area contributed by atoms with Gasteiger partial charge in [-0.1, -0.05) is 23.9 Å². The van der Waals surface area contributed by atoms with Crippen molar-refractivity contribution >= 4 is 39.9 Å². The summed E-state index contributed by atoms with van der Waals surface area (Å²) < 4.78 is 0. The molecule has 2 saturated heterocycles. The van der Waals surface area contributed by atoms with Crippen LogP contribution in [0.25, 0.3) is 11.0 Å². The van der Waals surface area contributed by atoms with Gasteiger partial charge in [0.1, 0.15) is 6.04 Å². The van der Waals surface area contributed by atoms with Crippen molar-refractivity contribution in [1.82, 2.24) is 20.2 Å². The summed E-state index contributed by atoms with van der Waals surface area (Å²) in [6.07, 6.45) is 0.886. The van der Waals surface area contributed by atoms with Crippen LogP contribution in [0.3, 0.4) is 0 Å². The van der Waals surface area contributed by atoms with E-state index in [9.17, 15) is 9.59 Å². The number of nitrogens with zero attached hydrogens (tertiary/aromatic N) is 3. The molecule has 0 spiro atoms. The van der Waals surface area contributed by atoms with Gasteiger partial charge in [0.2, 0.25) is 11.9 Å². The third-order valence-corrected chi connectivity index (χ3v) is 5.34. The van der Waals surface area contributed by atoms with Crippen molar-refractivity contribution in [3.63, 3.8) is 0 Å². The number of imidazole rings is 1. The molecule has 2 N–H and O–H groups in total. The average molecular weight is 345 g/mol. The third kappa shape index (κ3) is 2.93. The first-order valence-corrected chi connectivity index (χ1v) is 9.11. The fraction of sp³-hybridized carbons (Fsp3) is 0.438. The van der Waals surface area contributed by atoms with E-state index in [1.165, 1.54) is 11.8 Å². The van der Waals surface area contributed by atoms with Crippen molar-refractivity contribution in [2.75, 3.05) is 36.8 Å². The zero-order valence-corrected chi connectivity index (χ0v) is 14.0. The van der Waals surface area contributed by atoms with Gasteiger partial charge in [-0.25, -0.2) is 4.98 Å². The molecule has 24 heavy (non-hydrogen) atoms. The Balaban J connectivity index is 1.44. The molecule has 2 amide bonds. The number of hydrogen-bond acceptors (Lipinski definition) is 5. The predicted molar refractivity (Wildman–Crippen MR) is 94.3 cm³/mol. The Bertz CT molecular complexity index is 744. The number of nitrogens with one attached hydrogen (secondary N) is 2. The van der Waals surface area contributed by atoms with E-state index >= 15 is 0 Å². The second-order valence-corrected chi connectivity index (χ2v) is 7.03. The number of aromatic nitrogens is 2. The topological polar surface area (TPSA) is 81.3 Å². The lowest BCUT2D eigenvalue weighted by molar-refractivity contribution is -0.132. The SMILES string of the molecule is O=C1NC(C(=O)N2CCCN(c3nc4ccccc4[nH]3)CC2)CS1. The number of para-hydroxylation sites is 2. The van der Waals surface area contributed by atoms with Crippen LogP contribution < -0.4 is 10.2 Å². The maximum Gasteiger partial charge on any atom is 0.279 e. The van der Waals surface area contributed by atoms with E-state index in [1.807, 2.05) is 29.2 Å². The molecule has 2 aliphatic heterocycles. The number of amides is 2. The van der Waals surface area contributed by atoms with Crippen LogP contribution in [0, 0.1) is 0 Å². The summed E-state index contributed by atoms with van der Waals surface area (Å²) in [5.41, 5.74) is 1.98. The molecule has 2 aromatic rings. The summed E-state index contributed by atoms with van der Waals surface area (Å²) in [6, 6.07) is 7.59. The number of fused-ring (bicyclic) bond motifs is 1. The second-order valence-electron chi connectivity index (χ2n) is 6.04. The van der Waals surface area contributed by atoms with Crippen LogP contribution in [-0.2, 0) is 4.79 Å². The van der Waals surface area contributed by atoms with Crippen molar-refractivity contribution in [1.29, 1.82) is 0 Å². The molecule has 1 atom stereocenters. The van der Waals surface area contributed by atoms with E-state index in [-0.39, 0.29) is 17.2 Å². The molecular weight excluding hydrogens is 326 g/mol. The van der Waals surface area contributed by atoms with Crippen LogP contribution in [0.5, 0.6) is 0 Å². The molecule has 1 aromatic carbocycles. The number of anilines is 1. The van der Waals surface area contributed by atoms with Crippen molar-refractivity contribution in [3.05, 3.63) is 24.3 Å². The van der Waals surface area contributed by atoms with Gasteiger partial charge in [0.25, 0.3) is 5.24 Å². The summed E-state index contributed by atoms with van der Waals surface area (Å²) in [5, 5.41) is 2.63. The lowest BCUT2D eigenvalue weighted by Crippen LogP contribution is -2.46. The maximum absolute atomic E-state index is 12.5. The van der Waals surface area contributed by atoms with Gasteiger partial charge >= 0.3 is 0 Å². The Labute approximate surface area is 143 Å². The van der Waals surface area contributed by atoms with Crippen LogP contribution in [0.4, 0.5) is 10.7 Å². The zero-order chi connectivity index (χ0) is 16.5. The highest BCUT2D eigenvalue weighted by atomic mass is 32.2. The minimum Gasteiger partial charge on any atom is -0.341 e. The van der Waals surface area contributed by atoms with E-state index in [0.29, 0.717) is 18.8 Å². The summed E-state index contributed by atoms with van der Waals surface area (Å²) in [4.78, 5) is 35.9. The van der Waals surface area contributed by atoms with E-state index in [1.54, 1.807) is 0 Å². The van der Waals surface area contributed by atoms with Gasteiger partial charge in [-0.3, -0.25) is 9.59 Å². The third-order valence-electron chi connectivity index (χ3n) is 4.46. The molecule has 0 bridgehead atoms. The number of carbonyl (C=O) groups is 2. The first-order valence-electron chi connectivity index (χ1n) is 8.12. The van der Waals surface area contributed by atoms with E-state index in [4.69, 9.17) is 0 Å². The van der Waals surface area contributed by atoms with Crippen molar-refractivity contribution in [2.45, 2.75) is 12.5 Å².